The van der Waals surface area contributed by atoms with E-state index < -0.39 is 6.10 Å². The Labute approximate surface area is 429 Å². The van der Waals surface area contributed by atoms with Crippen molar-refractivity contribution in [1.29, 1.82) is 0 Å². The highest BCUT2D eigenvalue weighted by atomic mass is 16.6. The second-order valence-corrected chi connectivity index (χ2v) is 20.6. The maximum atomic E-state index is 12.9. The van der Waals surface area contributed by atoms with Crippen molar-refractivity contribution < 1.29 is 28.6 Å². The van der Waals surface area contributed by atoms with Crippen LogP contribution in [0.15, 0.2) is 36.5 Å². The van der Waals surface area contributed by atoms with Crippen molar-refractivity contribution in [2.24, 2.45) is 0 Å². The normalized spacial score (nSPS) is 12.2. The summed E-state index contributed by atoms with van der Waals surface area (Å²) in [6, 6.07) is 0. The Hall–Kier alpha value is -2.37. The van der Waals surface area contributed by atoms with Crippen LogP contribution >= 0.6 is 0 Å². The summed E-state index contributed by atoms with van der Waals surface area (Å²) in [5.74, 6) is -0.870. The molecule has 0 bridgehead atoms. The molecule has 0 aliphatic rings. The third kappa shape index (κ3) is 56.4. The van der Waals surface area contributed by atoms with Crippen LogP contribution < -0.4 is 0 Å². The van der Waals surface area contributed by atoms with E-state index in [4.69, 9.17) is 14.2 Å². The number of carbonyl (C=O) groups is 3. The molecule has 1 unspecified atom stereocenters. The highest BCUT2D eigenvalue weighted by Gasteiger charge is 2.19. The summed E-state index contributed by atoms with van der Waals surface area (Å²) in [6.07, 6.45) is 69.9. The van der Waals surface area contributed by atoms with Crippen molar-refractivity contribution in [2.75, 3.05) is 13.2 Å². The van der Waals surface area contributed by atoms with Gasteiger partial charge in [-0.25, -0.2) is 0 Å². The first kappa shape index (κ1) is 66.6. The van der Waals surface area contributed by atoms with Crippen LogP contribution in [0.2, 0.25) is 0 Å². The number of esters is 3. The minimum atomic E-state index is -0.777. The number of hydrogen-bond acceptors (Lipinski definition) is 6. The van der Waals surface area contributed by atoms with E-state index in [1.54, 1.807) is 0 Å². The fraction of sp³-hybridized carbons (Fsp3) is 0.857. The molecule has 0 fully saturated rings. The molecule has 0 amide bonds. The number of unbranched alkanes of at least 4 members (excludes halogenated alkanes) is 39. The molecule has 0 aromatic heterocycles. The monoisotopic (exact) mass is 969 g/mol. The van der Waals surface area contributed by atoms with Gasteiger partial charge in [-0.05, 0) is 77.0 Å². The molecular formula is C63H116O6. The van der Waals surface area contributed by atoms with Crippen LogP contribution in [0, 0.1) is 0 Å². The Morgan fingerprint density at radius 1 is 0.290 bits per heavy atom. The van der Waals surface area contributed by atoms with Crippen LogP contribution in [0.3, 0.4) is 0 Å². The van der Waals surface area contributed by atoms with Crippen molar-refractivity contribution in [3.63, 3.8) is 0 Å². The van der Waals surface area contributed by atoms with Crippen LogP contribution in [0.25, 0.3) is 0 Å². The highest BCUT2D eigenvalue weighted by molar-refractivity contribution is 5.71. The van der Waals surface area contributed by atoms with Gasteiger partial charge >= 0.3 is 17.9 Å². The molecule has 0 N–H and O–H groups in total. The summed E-state index contributed by atoms with van der Waals surface area (Å²) in [5, 5.41) is 0. The van der Waals surface area contributed by atoms with Crippen molar-refractivity contribution in [2.45, 2.75) is 335 Å². The zero-order chi connectivity index (χ0) is 50.0. The van der Waals surface area contributed by atoms with Crippen LogP contribution in [0.1, 0.15) is 329 Å². The lowest BCUT2D eigenvalue weighted by atomic mass is 10.0. The quantitative estimate of drug-likeness (QED) is 0.0261. The fourth-order valence-corrected chi connectivity index (χ4v) is 9.00. The van der Waals surface area contributed by atoms with Gasteiger partial charge in [0.25, 0.3) is 0 Å². The average Bonchev–Trinajstić information content (AvgIpc) is 3.35. The van der Waals surface area contributed by atoms with E-state index in [2.05, 4.69) is 57.2 Å². The van der Waals surface area contributed by atoms with Gasteiger partial charge < -0.3 is 14.2 Å². The second kappa shape index (κ2) is 58.2. The molecule has 0 rings (SSSR count). The molecule has 0 aromatic carbocycles. The largest absolute Gasteiger partial charge is 0.462 e. The van der Waals surface area contributed by atoms with Gasteiger partial charge in [0.05, 0.1) is 0 Å². The van der Waals surface area contributed by atoms with E-state index in [1.165, 1.54) is 212 Å². The minimum Gasteiger partial charge on any atom is -0.462 e. The maximum absolute atomic E-state index is 12.9. The molecule has 404 valence electrons. The standard InChI is InChI=1S/C63H116O6/c1-4-7-10-13-16-19-22-25-28-31-33-35-38-41-44-47-50-53-56-62(65)68-59-60(58-67-61(64)55-52-49-46-43-40-37-34-30-27-24-21-18-15-12-9-6-3)69-63(66)57-54-51-48-45-42-39-36-32-29-26-23-20-17-14-11-8-5-2/h17,20,26,29,33,35,60H,4-16,18-19,21-25,27-28,30-32,34,36-59H2,1-3H3/b20-17-,29-26-,35-33-. The van der Waals surface area contributed by atoms with Gasteiger partial charge in [0.1, 0.15) is 13.2 Å². The molecule has 0 aromatic rings. The first-order valence-electron chi connectivity index (χ1n) is 30.5. The molecule has 0 saturated carbocycles. The Morgan fingerprint density at radius 2 is 0.522 bits per heavy atom. The average molecular weight is 970 g/mol. The second-order valence-electron chi connectivity index (χ2n) is 20.6. The Bertz CT molecular complexity index is 1160. The Balaban J connectivity index is 4.36. The number of allylic oxidation sites excluding steroid dienone is 6. The minimum absolute atomic E-state index is 0.0741. The zero-order valence-corrected chi connectivity index (χ0v) is 46.3. The summed E-state index contributed by atoms with van der Waals surface area (Å²) in [6.45, 7) is 6.65. The Morgan fingerprint density at radius 3 is 0.841 bits per heavy atom. The third-order valence-electron chi connectivity index (χ3n) is 13.6. The topological polar surface area (TPSA) is 78.9 Å². The van der Waals surface area contributed by atoms with E-state index in [0.717, 1.165) is 77.0 Å². The molecule has 0 heterocycles. The van der Waals surface area contributed by atoms with Crippen LogP contribution in [-0.4, -0.2) is 37.2 Å². The molecule has 0 radical (unpaired) electrons. The lowest BCUT2D eigenvalue weighted by Crippen LogP contribution is -2.30. The van der Waals surface area contributed by atoms with Crippen LogP contribution in [-0.2, 0) is 28.6 Å². The number of ether oxygens (including phenoxy) is 3. The first-order valence-corrected chi connectivity index (χ1v) is 30.5. The highest BCUT2D eigenvalue weighted by Crippen LogP contribution is 2.17. The Kier molecular flexibility index (Phi) is 56.2. The van der Waals surface area contributed by atoms with E-state index in [9.17, 15) is 14.4 Å². The molecule has 1 atom stereocenters. The summed E-state index contributed by atoms with van der Waals surface area (Å²) in [7, 11) is 0. The lowest BCUT2D eigenvalue weighted by Gasteiger charge is -2.18. The zero-order valence-electron chi connectivity index (χ0n) is 46.3. The van der Waals surface area contributed by atoms with Gasteiger partial charge in [-0.2, -0.15) is 0 Å². The number of hydrogen-bond donors (Lipinski definition) is 0. The molecule has 0 aliphatic carbocycles. The van der Waals surface area contributed by atoms with Crippen molar-refractivity contribution >= 4 is 17.9 Å². The predicted octanol–water partition coefficient (Wildman–Crippen LogP) is 20.4. The lowest BCUT2D eigenvalue weighted by molar-refractivity contribution is -0.167. The van der Waals surface area contributed by atoms with Gasteiger partial charge in [-0.15, -0.1) is 0 Å². The predicted molar refractivity (Wildman–Crippen MR) is 298 cm³/mol. The third-order valence-corrected chi connectivity index (χ3v) is 13.6. The molecule has 0 saturated heterocycles. The van der Waals surface area contributed by atoms with E-state index >= 15 is 0 Å². The summed E-state index contributed by atoms with van der Waals surface area (Å²) >= 11 is 0. The summed E-state index contributed by atoms with van der Waals surface area (Å²) in [4.78, 5) is 38.2. The van der Waals surface area contributed by atoms with E-state index in [-0.39, 0.29) is 31.1 Å². The number of carbonyl (C=O) groups excluding carboxylic acids is 3. The summed E-state index contributed by atoms with van der Waals surface area (Å²) < 4.78 is 16.9. The maximum Gasteiger partial charge on any atom is 0.306 e. The van der Waals surface area contributed by atoms with E-state index in [0.29, 0.717) is 19.3 Å². The molecule has 69 heavy (non-hydrogen) atoms. The van der Waals surface area contributed by atoms with Crippen LogP contribution in [0.4, 0.5) is 0 Å². The van der Waals surface area contributed by atoms with Gasteiger partial charge in [0, 0.05) is 19.3 Å². The molecular weight excluding hydrogens is 853 g/mol. The van der Waals surface area contributed by atoms with Crippen LogP contribution in [0.5, 0.6) is 0 Å². The molecule has 6 nitrogen and oxygen atoms in total. The van der Waals surface area contributed by atoms with Crippen molar-refractivity contribution in [3.8, 4) is 0 Å². The first-order chi connectivity index (χ1) is 34.0. The van der Waals surface area contributed by atoms with Gasteiger partial charge in [-0.3, -0.25) is 14.4 Å². The SMILES string of the molecule is CCCCC/C=C\C/C=C\CCCCCCCCCC(=O)OC(COC(=O)CCCCCCC/C=C\CCCCCCCCCCC)COC(=O)CCCCCCCCCCCCCCCCCC. The van der Waals surface area contributed by atoms with Gasteiger partial charge in [-0.1, -0.05) is 269 Å². The van der Waals surface area contributed by atoms with E-state index in [1.807, 2.05) is 0 Å². The van der Waals surface area contributed by atoms with Gasteiger partial charge in [0.2, 0.25) is 0 Å². The van der Waals surface area contributed by atoms with Gasteiger partial charge in [0.15, 0.2) is 6.10 Å². The molecule has 0 spiro atoms. The smallest absolute Gasteiger partial charge is 0.306 e. The molecule has 0 aliphatic heterocycles. The number of rotatable bonds is 56. The summed E-state index contributed by atoms with van der Waals surface area (Å²) in [5.41, 5.74) is 0. The van der Waals surface area contributed by atoms with Crippen molar-refractivity contribution in [3.05, 3.63) is 36.5 Å². The molecule has 6 heteroatoms. The fourth-order valence-electron chi connectivity index (χ4n) is 9.00. The van der Waals surface area contributed by atoms with Crippen molar-refractivity contribution in [1.82, 2.24) is 0 Å².